The number of hydrogen-bond donors (Lipinski definition) is 1. The molecule has 2 saturated heterocycles. The SMILES string of the molecule is C[C@H]1C[C@H](C)CN(S(=O)(=O)c2ccc3c(c2)N(CC(=O)NC2CCN(Cc4ccccc4)CC2)C(=O)CO3)C1. The second-order valence-corrected chi connectivity index (χ2v) is 13.2. The van der Waals surface area contributed by atoms with Crippen molar-refractivity contribution in [1.82, 2.24) is 14.5 Å². The predicted octanol–water partition coefficient (Wildman–Crippen LogP) is 2.86. The Morgan fingerprint density at radius 1 is 1.03 bits per heavy atom. The van der Waals surface area contributed by atoms with Gasteiger partial charge in [-0.15, -0.1) is 0 Å². The largest absolute Gasteiger partial charge is 0.482 e. The van der Waals surface area contributed by atoms with Crippen molar-refractivity contribution in [2.24, 2.45) is 11.8 Å². The molecule has 2 fully saturated rings. The molecule has 3 aliphatic rings. The maximum atomic E-state index is 13.5. The average Bonchev–Trinajstić information content (AvgIpc) is 2.91. The Labute approximate surface area is 231 Å². The third kappa shape index (κ3) is 6.45. The molecule has 0 aromatic heterocycles. The normalized spacial score (nSPS) is 23.2. The summed E-state index contributed by atoms with van der Waals surface area (Å²) in [6, 6.07) is 15.0. The summed E-state index contributed by atoms with van der Waals surface area (Å²) in [5.41, 5.74) is 1.59. The van der Waals surface area contributed by atoms with Crippen LogP contribution in [0.3, 0.4) is 0 Å². The fourth-order valence-electron chi connectivity index (χ4n) is 5.96. The first-order valence-corrected chi connectivity index (χ1v) is 15.3. The minimum absolute atomic E-state index is 0.0370. The molecule has 2 atom stereocenters. The smallest absolute Gasteiger partial charge is 0.265 e. The molecule has 2 aromatic rings. The summed E-state index contributed by atoms with van der Waals surface area (Å²) in [5.74, 6) is 0.318. The molecule has 5 rings (SSSR count). The Morgan fingerprint density at radius 3 is 2.41 bits per heavy atom. The third-order valence-corrected chi connectivity index (χ3v) is 9.68. The molecule has 210 valence electrons. The number of amides is 2. The molecule has 0 unspecified atom stereocenters. The average molecular weight is 555 g/mol. The van der Waals surface area contributed by atoms with E-state index in [1.54, 1.807) is 6.07 Å². The van der Waals surface area contributed by atoms with Crippen molar-refractivity contribution < 1.29 is 22.7 Å². The Morgan fingerprint density at radius 2 is 1.72 bits per heavy atom. The van der Waals surface area contributed by atoms with Gasteiger partial charge in [0.25, 0.3) is 5.91 Å². The van der Waals surface area contributed by atoms with Crippen molar-refractivity contribution in [2.75, 3.05) is 44.2 Å². The number of nitrogens with zero attached hydrogens (tertiary/aromatic N) is 3. The number of carbonyl (C=O) groups excluding carboxylic acids is 2. The lowest BCUT2D eigenvalue weighted by atomic mass is 9.94. The van der Waals surface area contributed by atoms with Crippen LogP contribution in [0, 0.1) is 11.8 Å². The fourth-order valence-corrected chi connectivity index (χ4v) is 7.66. The van der Waals surface area contributed by atoms with Crippen LogP contribution in [0.25, 0.3) is 0 Å². The third-order valence-electron chi connectivity index (χ3n) is 7.85. The highest BCUT2D eigenvalue weighted by atomic mass is 32.2. The second kappa shape index (κ2) is 11.7. The van der Waals surface area contributed by atoms with Crippen LogP contribution in [0.4, 0.5) is 5.69 Å². The zero-order valence-electron chi connectivity index (χ0n) is 22.7. The number of fused-ring (bicyclic) bond motifs is 1. The zero-order chi connectivity index (χ0) is 27.6. The Hall–Kier alpha value is -2.95. The van der Waals surface area contributed by atoms with Gasteiger partial charge in [-0.2, -0.15) is 4.31 Å². The minimum atomic E-state index is -3.75. The number of benzene rings is 2. The van der Waals surface area contributed by atoms with E-state index in [-0.39, 0.29) is 47.7 Å². The number of hydrogen-bond acceptors (Lipinski definition) is 6. The van der Waals surface area contributed by atoms with Gasteiger partial charge in [0.05, 0.1) is 10.6 Å². The monoisotopic (exact) mass is 554 g/mol. The van der Waals surface area contributed by atoms with E-state index >= 15 is 0 Å². The molecular weight excluding hydrogens is 516 g/mol. The van der Waals surface area contributed by atoms with E-state index in [0.29, 0.717) is 24.5 Å². The molecule has 2 aromatic carbocycles. The highest BCUT2D eigenvalue weighted by molar-refractivity contribution is 7.89. The molecule has 0 bridgehead atoms. The van der Waals surface area contributed by atoms with Crippen molar-refractivity contribution in [3.63, 3.8) is 0 Å². The number of piperidine rings is 2. The summed E-state index contributed by atoms with van der Waals surface area (Å²) in [7, 11) is -3.75. The van der Waals surface area contributed by atoms with Gasteiger partial charge < -0.3 is 10.1 Å². The van der Waals surface area contributed by atoms with E-state index in [4.69, 9.17) is 4.74 Å². The molecule has 1 N–H and O–H groups in total. The van der Waals surface area contributed by atoms with Gasteiger partial charge in [0.2, 0.25) is 15.9 Å². The summed E-state index contributed by atoms with van der Waals surface area (Å²) in [4.78, 5) is 29.7. The molecular formula is C29H38N4O5S. The van der Waals surface area contributed by atoms with E-state index in [9.17, 15) is 18.0 Å². The van der Waals surface area contributed by atoms with Crippen molar-refractivity contribution in [3.8, 4) is 5.75 Å². The van der Waals surface area contributed by atoms with Crippen LogP contribution in [-0.2, 0) is 26.2 Å². The molecule has 0 aliphatic carbocycles. The van der Waals surface area contributed by atoms with E-state index in [0.717, 1.165) is 38.9 Å². The lowest BCUT2D eigenvalue weighted by Gasteiger charge is -2.35. The maximum Gasteiger partial charge on any atom is 0.265 e. The predicted molar refractivity (Wildman–Crippen MR) is 149 cm³/mol. The number of sulfonamides is 1. The van der Waals surface area contributed by atoms with E-state index in [1.807, 2.05) is 18.2 Å². The number of rotatable bonds is 7. The number of likely N-dealkylation sites (tertiary alicyclic amines) is 1. The first kappa shape index (κ1) is 27.6. The van der Waals surface area contributed by atoms with Crippen molar-refractivity contribution in [3.05, 3.63) is 54.1 Å². The highest BCUT2D eigenvalue weighted by Gasteiger charge is 2.34. The molecule has 3 heterocycles. The molecule has 0 saturated carbocycles. The van der Waals surface area contributed by atoms with Gasteiger partial charge in [0.1, 0.15) is 12.3 Å². The van der Waals surface area contributed by atoms with E-state index < -0.39 is 10.0 Å². The van der Waals surface area contributed by atoms with Crippen LogP contribution in [-0.4, -0.2) is 74.8 Å². The first-order valence-electron chi connectivity index (χ1n) is 13.8. The molecule has 10 heteroatoms. The number of ether oxygens (including phenoxy) is 1. The number of anilines is 1. The summed E-state index contributed by atoms with van der Waals surface area (Å²) >= 11 is 0. The van der Waals surface area contributed by atoms with Crippen LogP contribution in [0.1, 0.15) is 38.7 Å². The minimum Gasteiger partial charge on any atom is -0.482 e. The Kier molecular flexibility index (Phi) is 8.25. The van der Waals surface area contributed by atoms with Crippen molar-refractivity contribution >= 4 is 27.5 Å². The standard InChI is InChI=1S/C29H38N4O5S/c1-21-14-22(2)17-32(16-21)39(36,37)25-8-9-27-26(15-25)33(29(35)20-38-27)19-28(34)30-24-10-12-31(13-11-24)18-23-6-4-3-5-7-23/h3-9,15,21-22,24H,10-14,16-20H2,1-2H3,(H,30,34)/t21-,22-/m0/s1. The molecule has 0 radical (unpaired) electrons. The number of nitrogens with one attached hydrogen (secondary N) is 1. The lowest BCUT2D eigenvalue weighted by Crippen LogP contribution is -2.49. The van der Waals surface area contributed by atoms with Crippen LogP contribution in [0.15, 0.2) is 53.4 Å². The lowest BCUT2D eigenvalue weighted by molar-refractivity contribution is -0.125. The van der Waals surface area contributed by atoms with E-state index in [2.05, 4.69) is 36.2 Å². The van der Waals surface area contributed by atoms with Gasteiger partial charge in [-0.05, 0) is 54.9 Å². The molecule has 3 aliphatic heterocycles. The van der Waals surface area contributed by atoms with Crippen molar-refractivity contribution in [1.29, 1.82) is 0 Å². The summed E-state index contributed by atoms with van der Waals surface area (Å²) in [5, 5.41) is 3.08. The van der Waals surface area contributed by atoms with Gasteiger partial charge in [0.15, 0.2) is 6.61 Å². The van der Waals surface area contributed by atoms with Crippen LogP contribution < -0.4 is 15.0 Å². The highest BCUT2D eigenvalue weighted by Crippen LogP contribution is 2.36. The fraction of sp³-hybridized carbons (Fsp3) is 0.517. The molecule has 39 heavy (non-hydrogen) atoms. The van der Waals surface area contributed by atoms with Gasteiger partial charge in [-0.25, -0.2) is 8.42 Å². The van der Waals surface area contributed by atoms with Crippen LogP contribution in [0.5, 0.6) is 5.75 Å². The van der Waals surface area contributed by atoms with Gasteiger partial charge in [-0.3, -0.25) is 19.4 Å². The topological polar surface area (TPSA) is 99.3 Å². The van der Waals surface area contributed by atoms with Crippen molar-refractivity contribution in [2.45, 2.75) is 50.6 Å². The molecule has 9 nitrogen and oxygen atoms in total. The Bertz CT molecular complexity index is 1280. The second-order valence-electron chi connectivity index (χ2n) is 11.3. The zero-order valence-corrected chi connectivity index (χ0v) is 23.5. The van der Waals surface area contributed by atoms with Crippen LogP contribution >= 0.6 is 0 Å². The Balaban J connectivity index is 1.23. The van der Waals surface area contributed by atoms with Gasteiger partial charge in [0, 0.05) is 38.8 Å². The van der Waals surface area contributed by atoms with Gasteiger partial charge in [-0.1, -0.05) is 44.2 Å². The first-order chi connectivity index (χ1) is 18.7. The number of carbonyl (C=O) groups is 2. The quantitative estimate of drug-likeness (QED) is 0.565. The molecule has 2 amide bonds. The van der Waals surface area contributed by atoms with Gasteiger partial charge >= 0.3 is 0 Å². The maximum absolute atomic E-state index is 13.5. The van der Waals surface area contributed by atoms with E-state index in [1.165, 1.54) is 26.9 Å². The molecule has 0 spiro atoms. The summed E-state index contributed by atoms with van der Waals surface area (Å²) in [6.45, 7) is 7.34. The van der Waals surface area contributed by atoms with Crippen LogP contribution in [0.2, 0.25) is 0 Å². The summed E-state index contributed by atoms with van der Waals surface area (Å²) in [6.07, 6.45) is 2.66. The summed E-state index contributed by atoms with van der Waals surface area (Å²) < 4.78 is 34.1.